The number of rotatable bonds is 4. The number of carbonyl (C=O) groups excluding carboxylic acids is 1. The molecule has 1 aromatic carbocycles. The molecule has 0 spiro atoms. The SMILES string of the molecule is O=C(NCC1(c2cccc(Br)c2)CCOCC1)C1CNCCO1. The van der Waals surface area contributed by atoms with E-state index >= 15 is 0 Å². The molecule has 1 amide bonds. The van der Waals surface area contributed by atoms with E-state index in [2.05, 4.69) is 38.7 Å². The van der Waals surface area contributed by atoms with E-state index in [1.54, 1.807) is 0 Å². The molecule has 1 atom stereocenters. The maximum atomic E-state index is 12.4. The Morgan fingerprint density at radius 1 is 1.35 bits per heavy atom. The van der Waals surface area contributed by atoms with Crippen molar-refractivity contribution >= 4 is 21.8 Å². The number of hydrogen-bond donors (Lipinski definition) is 2. The Labute approximate surface area is 145 Å². The van der Waals surface area contributed by atoms with E-state index in [9.17, 15) is 4.79 Å². The molecule has 0 bridgehead atoms. The highest BCUT2D eigenvalue weighted by Crippen LogP contribution is 2.35. The highest BCUT2D eigenvalue weighted by atomic mass is 79.9. The lowest BCUT2D eigenvalue weighted by Gasteiger charge is -2.38. The van der Waals surface area contributed by atoms with E-state index < -0.39 is 0 Å². The number of amides is 1. The molecule has 2 aliphatic heterocycles. The average Bonchev–Trinajstić information content (AvgIpc) is 2.61. The van der Waals surface area contributed by atoms with Gasteiger partial charge in [-0.15, -0.1) is 0 Å². The second-order valence-corrected chi connectivity index (χ2v) is 7.10. The second kappa shape index (κ2) is 7.75. The summed E-state index contributed by atoms with van der Waals surface area (Å²) in [6, 6.07) is 8.36. The minimum Gasteiger partial charge on any atom is -0.381 e. The van der Waals surface area contributed by atoms with Gasteiger partial charge in [-0.25, -0.2) is 0 Å². The predicted molar refractivity (Wildman–Crippen MR) is 91.5 cm³/mol. The van der Waals surface area contributed by atoms with Crippen molar-refractivity contribution in [3.8, 4) is 0 Å². The van der Waals surface area contributed by atoms with Gasteiger partial charge in [0.2, 0.25) is 5.91 Å². The Kier molecular flexibility index (Phi) is 5.69. The molecule has 2 heterocycles. The summed E-state index contributed by atoms with van der Waals surface area (Å²) in [6.07, 6.45) is 1.43. The molecule has 0 saturated carbocycles. The van der Waals surface area contributed by atoms with E-state index in [1.165, 1.54) is 5.56 Å². The fraction of sp³-hybridized carbons (Fsp3) is 0.588. The topological polar surface area (TPSA) is 59.6 Å². The van der Waals surface area contributed by atoms with Crippen LogP contribution in [0.1, 0.15) is 18.4 Å². The number of carbonyl (C=O) groups is 1. The summed E-state index contributed by atoms with van der Waals surface area (Å²) in [5, 5.41) is 6.30. The van der Waals surface area contributed by atoms with Gasteiger partial charge >= 0.3 is 0 Å². The van der Waals surface area contributed by atoms with E-state index in [4.69, 9.17) is 9.47 Å². The molecule has 0 aliphatic carbocycles. The van der Waals surface area contributed by atoms with Crippen LogP contribution in [0.3, 0.4) is 0 Å². The van der Waals surface area contributed by atoms with Gasteiger partial charge in [-0.1, -0.05) is 28.1 Å². The molecule has 2 saturated heterocycles. The fourth-order valence-corrected chi connectivity index (χ4v) is 3.65. The molecule has 3 rings (SSSR count). The van der Waals surface area contributed by atoms with Crippen molar-refractivity contribution in [1.29, 1.82) is 0 Å². The lowest BCUT2D eigenvalue weighted by Crippen LogP contribution is -2.51. The number of benzene rings is 1. The van der Waals surface area contributed by atoms with E-state index in [1.807, 2.05) is 12.1 Å². The van der Waals surface area contributed by atoms with Gasteiger partial charge in [-0.2, -0.15) is 0 Å². The van der Waals surface area contributed by atoms with Gasteiger partial charge in [-0.05, 0) is 30.5 Å². The van der Waals surface area contributed by atoms with Gasteiger partial charge in [0.1, 0.15) is 6.10 Å². The third-order valence-electron chi connectivity index (χ3n) is 4.71. The summed E-state index contributed by atoms with van der Waals surface area (Å²) in [6.45, 7) is 4.05. The average molecular weight is 383 g/mol. The van der Waals surface area contributed by atoms with E-state index in [0.29, 0.717) is 19.7 Å². The third kappa shape index (κ3) is 4.12. The Morgan fingerprint density at radius 3 is 2.87 bits per heavy atom. The predicted octanol–water partition coefficient (Wildman–Crippen LogP) is 1.60. The standard InChI is InChI=1S/C17H23BrN2O3/c18-14-3-1-2-13(10-14)17(4-7-22-8-5-17)12-20-16(21)15-11-19-6-9-23-15/h1-3,10,15,19H,4-9,11-12H2,(H,20,21). The first-order valence-corrected chi connectivity index (χ1v) is 8.93. The Morgan fingerprint density at radius 2 is 2.17 bits per heavy atom. The molecule has 126 valence electrons. The Hall–Kier alpha value is -0.950. The van der Waals surface area contributed by atoms with E-state index in [-0.39, 0.29) is 17.4 Å². The van der Waals surface area contributed by atoms with Crippen molar-refractivity contribution < 1.29 is 14.3 Å². The number of hydrogen-bond acceptors (Lipinski definition) is 4. The Bertz CT molecular complexity index is 540. The molecule has 2 fully saturated rings. The van der Waals surface area contributed by atoms with E-state index in [0.717, 1.165) is 37.1 Å². The first-order valence-electron chi connectivity index (χ1n) is 8.13. The van der Waals surface area contributed by atoms with Crippen LogP contribution in [0.4, 0.5) is 0 Å². The fourth-order valence-electron chi connectivity index (χ4n) is 3.25. The normalized spacial score (nSPS) is 24.1. The first kappa shape index (κ1) is 16.9. The van der Waals surface area contributed by atoms with Crippen LogP contribution in [0, 0.1) is 0 Å². The molecule has 1 unspecified atom stereocenters. The van der Waals surface area contributed by atoms with Gasteiger partial charge < -0.3 is 20.1 Å². The van der Waals surface area contributed by atoms with Crippen LogP contribution in [0.5, 0.6) is 0 Å². The summed E-state index contributed by atoms with van der Waals surface area (Å²) >= 11 is 3.55. The van der Waals surface area contributed by atoms with Crippen molar-refractivity contribution in [1.82, 2.24) is 10.6 Å². The van der Waals surface area contributed by atoms with Crippen LogP contribution >= 0.6 is 15.9 Å². The molecular formula is C17H23BrN2O3. The van der Waals surface area contributed by atoms with Gasteiger partial charge in [-0.3, -0.25) is 4.79 Å². The summed E-state index contributed by atoms with van der Waals surface area (Å²) in [5.41, 5.74) is 1.18. The summed E-state index contributed by atoms with van der Waals surface area (Å²) in [7, 11) is 0. The number of morpholine rings is 1. The largest absolute Gasteiger partial charge is 0.381 e. The number of halogens is 1. The molecule has 0 aromatic heterocycles. The van der Waals surface area contributed by atoms with Crippen LogP contribution in [-0.4, -0.2) is 51.5 Å². The zero-order valence-corrected chi connectivity index (χ0v) is 14.7. The van der Waals surface area contributed by atoms with Crippen molar-refractivity contribution in [2.24, 2.45) is 0 Å². The molecule has 6 heteroatoms. The van der Waals surface area contributed by atoms with Crippen LogP contribution in [-0.2, 0) is 19.7 Å². The molecule has 23 heavy (non-hydrogen) atoms. The summed E-state index contributed by atoms with van der Waals surface area (Å²) < 4.78 is 12.1. The van der Waals surface area contributed by atoms with Gasteiger partial charge in [0, 0.05) is 42.7 Å². The maximum absolute atomic E-state index is 12.4. The van der Waals surface area contributed by atoms with Gasteiger partial charge in [0.15, 0.2) is 0 Å². The van der Waals surface area contributed by atoms with Crippen molar-refractivity contribution in [2.45, 2.75) is 24.4 Å². The van der Waals surface area contributed by atoms with Gasteiger partial charge in [0.05, 0.1) is 6.61 Å². The summed E-state index contributed by atoms with van der Waals surface area (Å²) in [5.74, 6) is -0.0296. The molecule has 2 aliphatic rings. The molecule has 5 nitrogen and oxygen atoms in total. The lowest BCUT2D eigenvalue weighted by molar-refractivity contribution is -0.134. The van der Waals surface area contributed by atoms with Crippen molar-refractivity contribution in [2.75, 3.05) is 39.5 Å². The minimum absolute atomic E-state index is 0.0296. The molecule has 0 radical (unpaired) electrons. The maximum Gasteiger partial charge on any atom is 0.250 e. The lowest BCUT2D eigenvalue weighted by atomic mass is 9.74. The smallest absolute Gasteiger partial charge is 0.250 e. The first-order chi connectivity index (χ1) is 11.2. The van der Waals surface area contributed by atoms with Crippen LogP contribution in [0.15, 0.2) is 28.7 Å². The summed E-state index contributed by atoms with van der Waals surface area (Å²) in [4.78, 5) is 12.4. The quantitative estimate of drug-likeness (QED) is 0.830. The molecule has 1 aromatic rings. The Balaban J connectivity index is 1.70. The van der Waals surface area contributed by atoms with Crippen molar-refractivity contribution in [3.63, 3.8) is 0 Å². The van der Waals surface area contributed by atoms with Crippen molar-refractivity contribution in [3.05, 3.63) is 34.3 Å². The van der Waals surface area contributed by atoms with Crippen LogP contribution < -0.4 is 10.6 Å². The minimum atomic E-state index is -0.386. The molecule has 2 N–H and O–H groups in total. The number of nitrogens with one attached hydrogen (secondary N) is 2. The zero-order valence-electron chi connectivity index (χ0n) is 13.1. The third-order valence-corrected chi connectivity index (χ3v) is 5.20. The van der Waals surface area contributed by atoms with Gasteiger partial charge in [0.25, 0.3) is 0 Å². The van der Waals surface area contributed by atoms with Crippen LogP contribution in [0.25, 0.3) is 0 Å². The zero-order chi connectivity index (χ0) is 16.1. The van der Waals surface area contributed by atoms with Crippen LogP contribution in [0.2, 0.25) is 0 Å². The highest BCUT2D eigenvalue weighted by Gasteiger charge is 2.35. The highest BCUT2D eigenvalue weighted by molar-refractivity contribution is 9.10. The molecular weight excluding hydrogens is 360 g/mol. The second-order valence-electron chi connectivity index (χ2n) is 6.18. The number of ether oxygens (including phenoxy) is 2. The monoisotopic (exact) mass is 382 g/mol.